The van der Waals surface area contributed by atoms with E-state index in [0.717, 1.165) is 22.5 Å². The molecule has 5 aromatic rings. The predicted molar refractivity (Wildman–Crippen MR) is 187 cm³/mol. The first-order chi connectivity index (χ1) is 23.2. The van der Waals surface area contributed by atoms with E-state index < -0.39 is 16.1 Å². The molecule has 13 heteroatoms. The maximum atomic E-state index is 14.2. The Balaban J connectivity index is 1.11. The molecule has 2 fully saturated rings. The zero-order chi connectivity index (χ0) is 33.4. The largest absolute Gasteiger partial charge is 0.487 e. The molecule has 0 saturated carbocycles. The molecular formula is C35H34Cl2N6O4S. The fourth-order valence-corrected chi connectivity index (χ4v) is 9.07. The Kier molecular flexibility index (Phi) is 9.04. The van der Waals surface area contributed by atoms with Gasteiger partial charge in [-0.3, -0.25) is 4.79 Å². The number of hydrogen-bond acceptors (Lipinski definition) is 7. The maximum Gasteiger partial charge on any atom is 0.245 e. The smallest absolute Gasteiger partial charge is 0.245 e. The average molecular weight is 706 g/mol. The molecule has 248 valence electrons. The molecule has 1 amide bonds. The highest BCUT2D eigenvalue weighted by Gasteiger charge is 2.42. The van der Waals surface area contributed by atoms with Gasteiger partial charge in [0.1, 0.15) is 28.8 Å². The van der Waals surface area contributed by atoms with Crippen molar-refractivity contribution in [1.82, 2.24) is 23.7 Å². The van der Waals surface area contributed by atoms with Crippen LogP contribution in [0, 0.1) is 6.92 Å². The van der Waals surface area contributed by atoms with Crippen LogP contribution >= 0.6 is 23.2 Å². The van der Waals surface area contributed by atoms with Crippen LogP contribution < -0.4 is 9.64 Å². The van der Waals surface area contributed by atoms with Gasteiger partial charge in [0.15, 0.2) is 0 Å². The van der Waals surface area contributed by atoms with Crippen LogP contribution in [0.1, 0.15) is 24.1 Å². The van der Waals surface area contributed by atoms with Crippen molar-refractivity contribution >= 4 is 55.7 Å². The number of rotatable bonds is 8. The minimum atomic E-state index is -4.14. The van der Waals surface area contributed by atoms with Crippen LogP contribution in [0.4, 0.5) is 5.69 Å². The minimum Gasteiger partial charge on any atom is -0.487 e. The number of fused-ring (bicyclic) bond motifs is 1. The summed E-state index contributed by atoms with van der Waals surface area (Å²) in [6.45, 7) is 4.44. The number of amides is 1. The highest BCUT2D eigenvalue weighted by atomic mass is 35.5. The van der Waals surface area contributed by atoms with Gasteiger partial charge in [0, 0.05) is 72.5 Å². The molecule has 0 aliphatic carbocycles. The Morgan fingerprint density at radius 2 is 1.77 bits per heavy atom. The van der Waals surface area contributed by atoms with Crippen LogP contribution in [0.3, 0.4) is 0 Å². The first-order valence-electron chi connectivity index (χ1n) is 15.8. The van der Waals surface area contributed by atoms with Crippen molar-refractivity contribution in [3.05, 3.63) is 107 Å². The molecule has 3 aromatic carbocycles. The minimum absolute atomic E-state index is 0.0273. The average Bonchev–Trinajstić information content (AvgIpc) is 3.82. The van der Waals surface area contributed by atoms with E-state index in [4.69, 9.17) is 32.9 Å². The number of hydrogen-bond donors (Lipinski definition) is 0. The van der Waals surface area contributed by atoms with E-state index in [1.807, 2.05) is 54.1 Å². The lowest BCUT2D eigenvalue weighted by Gasteiger charge is -2.38. The van der Waals surface area contributed by atoms with Crippen molar-refractivity contribution < 1.29 is 17.9 Å². The standard InChI is InChI=1S/C35H34Cl2N6O4S/c1-24-21-30(42-16-14-38-23-42)26-9-5-11-31(34(26)39-24)47-22-27-28(36)12-13-32(33(27)37)48(45,46)43-15-6-10-29(43)35(44)41-19-17-40(18-20-41)25-7-3-2-4-8-25/h2-5,7-9,11-14,16,21,23,29H,6,10,15,17-20,22H2,1H3. The first kappa shape index (κ1) is 32.4. The molecule has 4 heterocycles. The van der Waals surface area contributed by atoms with E-state index in [1.54, 1.807) is 23.5 Å². The van der Waals surface area contributed by atoms with Crippen molar-refractivity contribution in [1.29, 1.82) is 0 Å². The van der Waals surface area contributed by atoms with E-state index in [0.29, 0.717) is 55.9 Å². The van der Waals surface area contributed by atoms with Crippen molar-refractivity contribution in [2.45, 2.75) is 37.3 Å². The molecule has 2 aliphatic rings. The van der Waals surface area contributed by atoms with Crippen LogP contribution in [0.2, 0.25) is 10.0 Å². The number of para-hydroxylation sites is 2. The Labute approximate surface area is 289 Å². The first-order valence-corrected chi connectivity index (χ1v) is 18.0. The zero-order valence-electron chi connectivity index (χ0n) is 26.3. The number of carbonyl (C=O) groups is 1. The predicted octanol–water partition coefficient (Wildman–Crippen LogP) is 6.12. The fraction of sp³-hybridized carbons (Fsp3) is 0.286. The third-order valence-corrected chi connectivity index (χ3v) is 11.9. The van der Waals surface area contributed by atoms with E-state index in [2.05, 4.69) is 22.0 Å². The van der Waals surface area contributed by atoms with Gasteiger partial charge in [-0.1, -0.05) is 53.5 Å². The highest BCUT2D eigenvalue weighted by Crippen LogP contribution is 2.37. The van der Waals surface area contributed by atoms with Gasteiger partial charge in [0.25, 0.3) is 0 Å². The second kappa shape index (κ2) is 13.4. The SMILES string of the molecule is Cc1cc(-n2ccnc2)c2cccc(OCc3c(Cl)ccc(S(=O)(=O)N4CCCC4C(=O)N4CCN(c5ccccc5)CC4)c3Cl)c2n1. The number of halogens is 2. The van der Waals surface area contributed by atoms with Crippen LogP contribution in [-0.2, 0) is 21.4 Å². The molecule has 0 radical (unpaired) electrons. The molecule has 0 spiro atoms. The quantitative estimate of drug-likeness (QED) is 0.192. The van der Waals surface area contributed by atoms with Crippen LogP contribution in [0.25, 0.3) is 16.6 Å². The molecule has 2 aliphatic heterocycles. The lowest BCUT2D eigenvalue weighted by atomic mass is 10.1. The summed E-state index contributed by atoms with van der Waals surface area (Å²) in [6, 6.07) is 19.8. The summed E-state index contributed by atoms with van der Waals surface area (Å²) in [4.78, 5) is 26.5. The van der Waals surface area contributed by atoms with Crippen molar-refractivity contribution in [2.24, 2.45) is 0 Å². The lowest BCUT2D eigenvalue weighted by Crippen LogP contribution is -2.54. The van der Waals surface area contributed by atoms with E-state index in [-0.39, 0.29) is 34.0 Å². The number of ether oxygens (including phenoxy) is 1. The van der Waals surface area contributed by atoms with Gasteiger partial charge in [0.05, 0.1) is 17.0 Å². The third kappa shape index (κ3) is 6.11. The molecule has 0 bridgehead atoms. The summed E-state index contributed by atoms with van der Waals surface area (Å²) < 4.78 is 37.7. The second-order valence-corrected chi connectivity index (χ2v) is 14.6. The fourth-order valence-electron chi connectivity index (χ4n) is 6.55. The number of sulfonamides is 1. The Hall–Kier alpha value is -4.16. The summed E-state index contributed by atoms with van der Waals surface area (Å²) in [6.07, 6.45) is 6.32. The molecule has 7 rings (SSSR count). The topological polar surface area (TPSA) is 101 Å². The van der Waals surface area contributed by atoms with Gasteiger partial charge in [-0.25, -0.2) is 18.4 Å². The van der Waals surface area contributed by atoms with Crippen molar-refractivity contribution in [3.8, 4) is 11.4 Å². The number of imidazole rings is 1. The summed E-state index contributed by atoms with van der Waals surface area (Å²) in [5.41, 5.74) is 3.77. The highest BCUT2D eigenvalue weighted by molar-refractivity contribution is 7.89. The number of aryl methyl sites for hydroxylation is 1. The summed E-state index contributed by atoms with van der Waals surface area (Å²) >= 11 is 13.4. The van der Waals surface area contributed by atoms with E-state index >= 15 is 0 Å². The molecule has 1 atom stereocenters. The number of anilines is 1. The molecule has 10 nitrogen and oxygen atoms in total. The Morgan fingerprint density at radius 3 is 2.52 bits per heavy atom. The molecule has 1 unspecified atom stereocenters. The lowest BCUT2D eigenvalue weighted by molar-refractivity contribution is -0.134. The maximum absolute atomic E-state index is 14.2. The second-order valence-electron chi connectivity index (χ2n) is 12.0. The van der Waals surface area contributed by atoms with Gasteiger partial charge in [-0.2, -0.15) is 4.31 Å². The van der Waals surface area contributed by atoms with Gasteiger partial charge in [0.2, 0.25) is 15.9 Å². The van der Waals surface area contributed by atoms with Gasteiger partial charge < -0.3 is 19.1 Å². The molecular weight excluding hydrogens is 671 g/mol. The number of nitrogens with zero attached hydrogens (tertiary/aromatic N) is 6. The monoisotopic (exact) mass is 704 g/mol. The molecule has 48 heavy (non-hydrogen) atoms. The zero-order valence-corrected chi connectivity index (χ0v) is 28.6. The van der Waals surface area contributed by atoms with Crippen LogP contribution in [0.5, 0.6) is 5.75 Å². The van der Waals surface area contributed by atoms with Crippen molar-refractivity contribution in [3.63, 3.8) is 0 Å². The van der Waals surface area contributed by atoms with Crippen molar-refractivity contribution in [2.75, 3.05) is 37.6 Å². The number of piperazine rings is 1. The summed E-state index contributed by atoms with van der Waals surface area (Å²) in [5.74, 6) is 0.321. The molecule has 2 saturated heterocycles. The van der Waals surface area contributed by atoms with E-state index in [1.165, 1.54) is 16.4 Å². The third-order valence-electron chi connectivity index (χ3n) is 9.00. The van der Waals surface area contributed by atoms with Crippen LogP contribution in [-0.4, -0.2) is 76.8 Å². The van der Waals surface area contributed by atoms with Gasteiger partial charge in [-0.15, -0.1) is 0 Å². The normalized spacial score (nSPS) is 17.3. The number of aromatic nitrogens is 3. The summed E-state index contributed by atoms with van der Waals surface area (Å²) in [7, 11) is -4.14. The number of pyridine rings is 1. The molecule has 0 N–H and O–H groups in total. The van der Waals surface area contributed by atoms with Gasteiger partial charge in [-0.05, 0) is 56.2 Å². The summed E-state index contributed by atoms with van der Waals surface area (Å²) in [5, 5.41) is 1.10. The van der Waals surface area contributed by atoms with Crippen LogP contribution in [0.15, 0.2) is 90.3 Å². The Morgan fingerprint density at radius 1 is 0.979 bits per heavy atom. The molecule has 2 aromatic heterocycles. The Bertz CT molecular complexity index is 2070. The van der Waals surface area contributed by atoms with Gasteiger partial charge >= 0.3 is 0 Å². The number of carbonyl (C=O) groups excluding carboxylic acids is 1. The number of benzene rings is 3. The van der Waals surface area contributed by atoms with E-state index in [9.17, 15) is 13.2 Å².